The molecule has 0 aliphatic heterocycles. The summed E-state index contributed by atoms with van der Waals surface area (Å²) < 4.78 is 0. The average Bonchev–Trinajstić information content (AvgIpc) is 2.69. The van der Waals surface area contributed by atoms with Gasteiger partial charge < -0.3 is 0 Å². The van der Waals surface area contributed by atoms with Crippen LogP contribution >= 0.6 is 24.4 Å². The van der Waals surface area contributed by atoms with Crippen molar-refractivity contribution in [2.75, 3.05) is 17.3 Å². The summed E-state index contributed by atoms with van der Waals surface area (Å²) in [6.07, 6.45) is 8.63. The monoisotopic (exact) mass is 232 g/mol. The lowest BCUT2D eigenvalue weighted by Crippen LogP contribution is -2.07. The van der Waals surface area contributed by atoms with E-state index in [4.69, 9.17) is 0 Å². The standard InChI is InChI=1S/C12H24S2/c1-2-5-12(8-13)10-14-9-11-6-3-4-7-11/h11-13H,2-10H2,1H3. The number of rotatable bonds is 7. The van der Waals surface area contributed by atoms with Gasteiger partial charge in [-0.05, 0) is 48.4 Å². The molecule has 1 rings (SSSR count). The minimum atomic E-state index is 0.856. The van der Waals surface area contributed by atoms with Gasteiger partial charge in [0.2, 0.25) is 0 Å². The Balaban J connectivity index is 2.00. The van der Waals surface area contributed by atoms with Crippen molar-refractivity contribution in [3.63, 3.8) is 0 Å². The first kappa shape index (κ1) is 12.8. The Kier molecular flexibility index (Phi) is 7.23. The van der Waals surface area contributed by atoms with Gasteiger partial charge in [-0.15, -0.1) is 0 Å². The third kappa shape index (κ3) is 4.97. The van der Waals surface area contributed by atoms with E-state index < -0.39 is 0 Å². The van der Waals surface area contributed by atoms with Crippen molar-refractivity contribution in [3.05, 3.63) is 0 Å². The molecule has 0 N–H and O–H groups in total. The minimum Gasteiger partial charge on any atom is -0.179 e. The molecule has 1 fully saturated rings. The van der Waals surface area contributed by atoms with Gasteiger partial charge in [0.1, 0.15) is 0 Å². The Morgan fingerprint density at radius 2 is 2.07 bits per heavy atom. The molecule has 1 aliphatic carbocycles. The molecule has 0 aromatic carbocycles. The van der Waals surface area contributed by atoms with Crippen LogP contribution in [-0.4, -0.2) is 17.3 Å². The van der Waals surface area contributed by atoms with E-state index in [1.54, 1.807) is 0 Å². The predicted octanol–water partition coefficient (Wildman–Crippen LogP) is 4.26. The van der Waals surface area contributed by atoms with Gasteiger partial charge in [-0.3, -0.25) is 0 Å². The highest BCUT2D eigenvalue weighted by Gasteiger charge is 2.15. The van der Waals surface area contributed by atoms with Crippen LogP contribution in [0.25, 0.3) is 0 Å². The Morgan fingerprint density at radius 3 is 2.64 bits per heavy atom. The van der Waals surface area contributed by atoms with Crippen molar-refractivity contribution in [2.24, 2.45) is 11.8 Å². The van der Waals surface area contributed by atoms with Crippen LogP contribution in [0.3, 0.4) is 0 Å². The van der Waals surface area contributed by atoms with E-state index in [-0.39, 0.29) is 0 Å². The average molecular weight is 232 g/mol. The Hall–Kier alpha value is 0.700. The Morgan fingerprint density at radius 1 is 1.36 bits per heavy atom. The fourth-order valence-electron chi connectivity index (χ4n) is 2.21. The van der Waals surface area contributed by atoms with Gasteiger partial charge in [-0.25, -0.2) is 0 Å². The van der Waals surface area contributed by atoms with Crippen LogP contribution < -0.4 is 0 Å². The van der Waals surface area contributed by atoms with Crippen molar-refractivity contribution in [1.29, 1.82) is 0 Å². The van der Waals surface area contributed by atoms with Crippen molar-refractivity contribution in [3.8, 4) is 0 Å². The summed E-state index contributed by atoms with van der Waals surface area (Å²) in [6, 6.07) is 0. The van der Waals surface area contributed by atoms with E-state index in [1.807, 2.05) is 0 Å². The van der Waals surface area contributed by atoms with Crippen molar-refractivity contribution in [1.82, 2.24) is 0 Å². The van der Waals surface area contributed by atoms with E-state index >= 15 is 0 Å². The molecule has 1 aliphatic rings. The van der Waals surface area contributed by atoms with Crippen LogP contribution in [0.15, 0.2) is 0 Å². The molecule has 2 heteroatoms. The maximum Gasteiger partial charge on any atom is -0.00312 e. The van der Waals surface area contributed by atoms with Crippen LogP contribution in [0, 0.1) is 11.8 Å². The van der Waals surface area contributed by atoms with E-state index in [0.717, 1.165) is 17.6 Å². The zero-order chi connectivity index (χ0) is 10.2. The van der Waals surface area contributed by atoms with E-state index in [1.165, 1.54) is 50.0 Å². The zero-order valence-corrected chi connectivity index (χ0v) is 11.1. The van der Waals surface area contributed by atoms with Crippen LogP contribution in [0.5, 0.6) is 0 Å². The van der Waals surface area contributed by atoms with Crippen molar-refractivity contribution >= 4 is 24.4 Å². The quantitative estimate of drug-likeness (QED) is 0.640. The minimum absolute atomic E-state index is 0.856. The largest absolute Gasteiger partial charge is 0.179 e. The van der Waals surface area contributed by atoms with Gasteiger partial charge in [-0.2, -0.15) is 24.4 Å². The van der Waals surface area contributed by atoms with E-state index in [0.29, 0.717) is 0 Å². The molecule has 0 bridgehead atoms. The van der Waals surface area contributed by atoms with Crippen LogP contribution in [-0.2, 0) is 0 Å². The zero-order valence-electron chi connectivity index (χ0n) is 9.37. The lowest BCUT2D eigenvalue weighted by atomic mass is 10.1. The summed E-state index contributed by atoms with van der Waals surface area (Å²) in [6.45, 7) is 2.28. The molecule has 1 saturated carbocycles. The summed E-state index contributed by atoms with van der Waals surface area (Å²) in [5.74, 6) is 5.73. The molecular weight excluding hydrogens is 208 g/mol. The third-order valence-corrected chi connectivity index (χ3v) is 5.07. The SMILES string of the molecule is CCCC(CS)CSCC1CCCC1. The second-order valence-electron chi connectivity index (χ2n) is 4.53. The summed E-state index contributed by atoms with van der Waals surface area (Å²) in [7, 11) is 0. The third-order valence-electron chi connectivity index (χ3n) is 3.14. The molecule has 0 aromatic heterocycles. The molecule has 0 nitrogen and oxygen atoms in total. The fourth-order valence-corrected chi connectivity index (χ4v) is 4.12. The number of thiol groups is 1. The molecular formula is C12H24S2. The van der Waals surface area contributed by atoms with E-state index in [9.17, 15) is 0 Å². The smallest absolute Gasteiger partial charge is 0.00312 e. The second kappa shape index (κ2) is 7.92. The number of hydrogen-bond donors (Lipinski definition) is 1. The Bertz CT molecular complexity index is 130. The molecule has 0 heterocycles. The fraction of sp³-hybridized carbons (Fsp3) is 1.00. The molecule has 1 atom stereocenters. The molecule has 84 valence electrons. The van der Waals surface area contributed by atoms with Crippen LogP contribution in [0.2, 0.25) is 0 Å². The molecule has 14 heavy (non-hydrogen) atoms. The Labute approximate surface area is 99.0 Å². The first-order chi connectivity index (χ1) is 6.86. The van der Waals surface area contributed by atoms with Gasteiger partial charge in [0.15, 0.2) is 0 Å². The van der Waals surface area contributed by atoms with Crippen molar-refractivity contribution in [2.45, 2.75) is 45.4 Å². The highest BCUT2D eigenvalue weighted by molar-refractivity contribution is 7.99. The summed E-state index contributed by atoms with van der Waals surface area (Å²) in [5.41, 5.74) is 0. The topological polar surface area (TPSA) is 0 Å². The van der Waals surface area contributed by atoms with Crippen LogP contribution in [0.1, 0.15) is 45.4 Å². The van der Waals surface area contributed by atoms with Gasteiger partial charge in [-0.1, -0.05) is 26.2 Å². The highest BCUT2D eigenvalue weighted by atomic mass is 32.2. The van der Waals surface area contributed by atoms with E-state index in [2.05, 4.69) is 31.3 Å². The van der Waals surface area contributed by atoms with Crippen LogP contribution in [0.4, 0.5) is 0 Å². The molecule has 0 aromatic rings. The molecule has 0 spiro atoms. The molecule has 0 amide bonds. The molecule has 1 unspecified atom stereocenters. The summed E-state index contributed by atoms with van der Waals surface area (Å²) in [4.78, 5) is 0. The van der Waals surface area contributed by atoms with Gasteiger partial charge in [0, 0.05) is 0 Å². The first-order valence-corrected chi connectivity index (χ1v) is 7.84. The second-order valence-corrected chi connectivity index (χ2v) is 5.97. The van der Waals surface area contributed by atoms with Gasteiger partial charge in [0.05, 0.1) is 0 Å². The summed E-state index contributed by atoms with van der Waals surface area (Å²) in [5, 5.41) is 0. The molecule has 0 radical (unpaired) electrons. The maximum atomic E-state index is 4.42. The molecule has 0 saturated heterocycles. The normalized spacial score (nSPS) is 20.1. The lowest BCUT2D eigenvalue weighted by Gasteiger charge is -2.14. The van der Waals surface area contributed by atoms with Crippen molar-refractivity contribution < 1.29 is 0 Å². The highest BCUT2D eigenvalue weighted by Crippen LogP contribution is 2.29. The lowest BCUT2D eigenvalue weighted by molar-refractivity contribution is 0.590. The number of thioether (sulfide) groups is 1. The first-order valence-electron chi connectivity index (χ1n) is 6.05. The van der Waals surface area contributed by atoms with Gasteiger partial charge in [0.25, 0.3) is 0 Å². The maximum absolute atomic E-state index is 4.42. The van der Waals surface area contributed by atoms with Gasteiger partial charge >= 0.3 is 0 Å². The number of hydrogen-bond acceptors (Lipinski definition) is 2. The summed E-state index contributed by atoms with van der Waals surface area (Å²) >= 11 is 6.59. The predicted molar refractivity (Wildman–Crippen MR) is 71.5 cm³/mol.